The molecule has 10 heteroatoms. The third-order valence-corrected chi connectivity index (χ3v) is 6.33. The number of aromatic amines is 1. The summed E-state index contributed by atoms with van der Waals surface area (Å²) in [5, 5.41) is 3.59. The van der Waals surface area contributed by atoms with Crippen LogP contribution in [0.3, 0.4) is 0 Å². The molecule has 0 saturated carbocycles. The number of aromatic nitrogens is 2. The summed E-state index contributed by atoms with van der Waals surface area (Å²) >= 11 is 14.3. The smallest absolute Gasteiger partial charge is 0.328 e. The van der Waals surface area contributed by atoms with E-state index in [1.165, 1.54) is 7.11 Å². The molecule has 7 nitrogen and oxygen atoms in total. The van der Waals surface area contributed by atoms with Gasteiger partial charge in [-0.15, -0.1) is 0 Å². The maximum Gasteiger partial charge on any atom is 0.328 e. The van der Waals surface area contributed by atoms with Crippen LogP contribution in [0.15, 0.2) is 24.5 Å². The molecule has 0 saturated heterocycles. The maximum atomic E-state index is 13.2. The van der Waals surface area contributed by atoms with Crippen molar-refractivity contribution in [3.05, 3.63) is 51.5 Å². The maximum absolute atomic E-state index is 13.2. The molecule has 2 N–H and O–H groups in total. The van der Waals surface area contributed by atoms with E-state index in [0.717, 1.165) is 5.69 Å². The summed E-state index contributed by atoms with van der Waals surface area (Å²) in [6.45, 7) is 0.435. The normalized spacial score (nSPS) is 16.8. The molecule has 0 aliphatic carbocycles. The summed E-state index contributed by atoms with van der Waals surface area (Å²) in [6, 6.07) is 3.69. The summed E-state index contributed by atoms with van der Waals surface area (Å²) in [5.41, 5.74) is 2.34. The van der Waals surface area contributed by atoms with Crippen LogP contribution < -0.4 is 5.32 Å². The van der Waals surface area contributed by atoms with Crippen molar-refractivity contribution in [2.24, 2.45) is 0 Å². The molecule has 2 aromatic rings. The van der Waals surface area contributed by atoms with Crippen molar-refractivity contribution in [3.8, 4) is 0 Å². The van der Waals surface area contributed by atoms with Gasteiger partial charge in [0.2, 0.25) is 0 Å². The number of nitrogens with one attached hydrogen (secondary N) is 2. The van der Waals surface area contributed by atoms with Crippen molar-refractivity contribution < 1.29 is 14.3 Å². The van der Waals surface area contributed by atoms with Gasteiger partial charge < -0.3 is 19.9 Å². The Balaban J connectivity index is 1.93. The number of carbonyl (C=O) groups excluding carboxylic acids is 2. The lowest BCUT2D eigenvalue weighted by molar-refractivity contribution is -0.142. The number of hydrogen-bond acceptors (Lipinski definition) is 5. The molecule has 0 fully saturated rings. The third kappa shape index (κ3) is 4.65. The van der Waals surface area contributed by atoms with Crippen LogP contribution in [-0.2, 0) is 16.0 Å². The van der Waals surface area contributed by atoms with E-state index in [0.29, 0.717) is 46.4 Å². The number of thioether (sulfide) groups is 1. The molecule has 0 unspecified atom stereocenters. The molecule has 2 heterocycles. The SMILES string of the molecule is COC(=O)[C@@H](CCSC)NC(=O)N1CCc2[nH]cnc2[C@H]1c1cccc(Cl)c1Cl. The van der Waals surface area contributed by atoms with E-state index in [1.54, 1.807) is 35.1 Å². The van der Waals surface area contributed by atoms with Gasteiger partial charge in [0.05, 0.1) is 29.2 Å². The zero-order valence-corrected chi connectivity index (χ0v) is 18.4. The highest BCUT2D eigenvalue weighted by atomic mass is 35.5. The van der Waals surface area contributed by atoms with Crippen molar-refractivity contribution in [2.75, 3.05) is 25.7 Å². The average Bonchev–Trinajstić information content (AvgIpc) is 3.20. The van der Waals surface area contributed by atoms with Crippen LogP contribution in [0.1, 0.15) is 29.4 Å². The molecule has 1 aromatic heterocycles. The van der Waals surface area contributed by atoms with Crippen LogP contribution in [0.4, 0.5) is 4.79 Å². The first-order valence-corrected chi connectivity index (χ1v) is 11.2. The van der Waals surface area contributed by atoms with E-state index in [2.05, 4.69) is 15.3 Å². The van der Waals surface area contributed by atoms with Crippen LogP contribution in [0.2, 0.25) is 10.0 Å². The first-order chi connectivity index (χ1) is 14.0. The summed E-state index contributed by atoms with van der Waals surface area (Å²) in [4.78, 5) is 34.5. The van der Waals surface area contributed by atoms with Crippen molar-refractivity contribution in [3.63, 3.8) is 0 Å². The molecule has 1 aliphatic rings. The summed E-state index contributed by atoms with van der Waals surface area (Å²) < 4.78 is 4.85. The number of H-pyrrole nitrogens is 1. The number of fused-ring (bicyclic) bond motifs is 1. The highest BCUT2D eigenvalue weighted by Crippen LogP contribution is 2.39. The fourth-order valence-corrected chi connectivity index (χ4v) is 4.28. The van der Waals surface area contributed by atoms with Crippen LogP contribution in [-0.4, -0.2) is 58.6 Å². The molecule has 3 rings (SSSR count). The molecule has 156 valence electrons. The number of urea groups is 1. The first-order valence-electron chi connectivity index (χ1n) is 9.07. The zero-order valence-electron chi connectivity index (χ0n) is 16.1. The van der Waals surface area contributed by atoms with Gasteiger partial charge in [0, 0.05) is 24.2 Å². The molecule has 1 aromatic carbocycles. The first kappa shape index (κ1) is 21.8. The second-order valence-corrected chi connectivity index (χ2v) is 8.33. The van der Waals surface area contributed by atoms with Gasteiger partial charge in [-0.1, -0.05) is 35.3 Å². The highest BCUT2D eigenvalue weighted by molar-refractivity contribution is 7.98. The minimum absolute atomic E-state index is 0.375. The zero-order chi connectivity index (χ0) is 21.0. The molecule has 0 radical (unpaired) electrons. The van der Waals surface area contributed by atoms with Gasteiger partial charge in [-0.05, 0) is 24.5 Å². The molecule has 1 aliphatic heterocycles. The number of imidazole rings is 1. The Labute approximate surface area is 183 Å². The van der Waals surface area contributed by atoms with E-state index in [1.807, 2.05) is 12.3 Å². The van der Waals surface area contributed by atoms with Crippen LogP contribution >= 0.6 is 35.0 Å². The van der Waals surface area contributed by atoms with Crippen LogP contribution in [0.25, 0.3) is 0 Å². The lowest BCUT2D eigenvalue weighted by Crippen LogP contribution is -2.51. The van der Waals surface area contributed by atoms with Crippen molar-refractivity contribution in [2.45, 2.75) is 24.9 Å². The topological polar surface area (TPSA) is 87.3 Å². The largest absolute Gasteiger partial charge is 0.467 e. The van der Waals surface area contributed by atoms with Gasteiger partial charge in [0.15, 0.2) is 0 Å². The van der Waals surface area contributed by atoms with Crippen LogP contribution in [0, 0.1) is 0 Å². The lowest BCUT2D eigenvalue weighted by atomic mass is 9.96. The Morgan fingerprint density at radius 2 is 2.24 bits per heavy atom. The van der Waals surface area contributed by atoms with Crippen molar-refractivity contribution in [1.29, 1.82) is 0 Å². The molecule has 2 amide bonds. The summed E-state index contributed by atoms with van der Waals surface area (Å²) in [7, 11) is 1.31. The van der Waals surface area contributed by atoms with E-state index in [9.17, 15) is 9.59 Å². The summed E-state index contributed by atoms with van der Waals surface area (Å²) in [6.07, 6.45) is 4.64. The average molecular weight is 457 g/mol. The van der Waals surface area contributed by atoms with E-state index in [-0.39, 0.29) is 6.03 Å². The number of ether oxygens (including phenoxy) is 1. The Kier molecular flexibility index (Phi) is 7.32. The fraction of sp³-hybridized carbons (Fsp3) is 0.421. The second-order valence-electron chi connectivity index (χ2n) is 6.56. The minimum atomic E-state index is -0.726. The third-order valence-electron chi connectivity index (χ3n) is 4.86. The van der Waals surface area contributed by atoms with E-state index < -0.39 is 18.1 Å². The molecular formula is C19H22Cl2N4O3S. The lowest BCUT2D eigenvalue weighted by Gasteiger charge is -2.36. The number of esters is 1. The van der Waals surface area contributed by atoms with Gasteiger partial charge in [0.25, 0.3) is 0 Å². The highest BCUT2D eigenvalue weighted by Gasteiger charge is 2.37. The molecular weight excluding hydrogens is 435 g/mol. The molecule has 0 spiro atoms. The number of hydrogen-bond donors (Lipinski definition) is 2. The van der Waals surface area contributed by atoms with Gasteiger partial charge in [-0.3, -0.25) is 0 Å². The predicted molar refractivity (Wildman–Crippen MR) is 115 cm³/mol. The van der Waals surface area contributed by atoms with E-state index in [4.69, 9.17) is 27.9 Å². The molecule has 2 atom stereocenters. The quantitative estimate of drug-likeness (QED) is 0.647. The van der Waals surface area contributed by atoms with Gasteiger partial charge in [-0.2, -0.15) is 11.8 Å². The number of halogens is 2. The Hall–Kier alpha value is -1.90. The van der Waals surface area contributed by atoms with Gasteiger partial charge >= 0.3 is 12.0 Å². The van der Waals surface area contributed by atoms with E-state index >= 15 is 0 Å². The van der Waals surface area contributed by atoms with Crippen molar-refractivity contribution >= 4 is 47.0 Å². The number of carbonyl (C=O) groups is 2. The number of methoxy groups -OCH3 is 1. The van der Waals surface area contributed by atoms with Crippen LogP contribution in [0.5, 0.6) is 0 Å². The number of rotatable bonds is 6. The van der Waals surface area contributed by atoms with Gasteiger partial charge in [-0.25, -0.2) is 14.6 Å². The van der Waals surface area contributed by atoms with Crippen molar-refractivity contribution in [1.82, 2.24) is 20.2 Å². The Bertz CT molecular complexity index is 892. The molecule has 0 bridgehead atoms. The number of amides is 2. The Morgan fingerprint density at radius 1 is 1.45 bits per heavy atom. The Morgan fingerprint density at radius 3 is 2.97 bits per heavy atom. The minimum Gasteiger partial charge on any atom is -0.467 e. The summed E-state index contributed by atoms with van der Waals surface area (Å²) in [5.74, 6) is 0.245. The number of nitrogens with zero attached hydrogens (tertiary/aromatic N) is 2. The second kappa shape index (κ2) is 9.73. The standard InChI is InChI=1S/C19H22Cl2N4O3S/c1-28-18(26)14(7-9-29-2)24-19(27)25-8-6-13-16(23-10-22-13)17(25)11-4-3-5-12(20)15(11)21/h3-5,10,14,17H,6-9H2,1-2H3,(H,22,23)(H,24,27)/t14-,17-/m1/s1. The van der Waals surface area contributed by atoms with Gasteiger partial charge in [0.1, 0.15) is 12.1 Å². The molecule has 29 heavy (non-hydrogen) atoms. The monoisotopic (exact) mass is 456 g/mol. The fourth-order valence-electron chi connectivity index (χ4n) is 3.40. The number of benzene rings is 1. The predicted octanol–water partition coefficient (Wildman–Crippen LogP) is 3.67.